The Morgan fingerprint density at radius 2 is 2.24 bits per heavy atom. The van der Waals surface area contributed by atoms with Gasteiger partial charge in [-0.2, -0.15) is 0 Å². The van der Waals surface area contributed by atoms with Crippen molar-refractivity contribution in [2.24, 2.45) is 11.7 Å². The lowest BCUT2D eigenvalue weighted by Crippen LogP contribution is -2.30. The summed E-state index contributed by atoms with van der Waals surface area (Å²) in [5, 5.41) is 3.57. The molecule has 1 fully saturated rings. The normalized spacial score (nSPS) is 24.3. The molecule has 0 saturated heterocycles. The van der Waals surface area contributed by atoms with Crippen molar-refractivity contribution in [2.75, 3.05) is 5.32 Å². The molecule has 0 radical (unpaired) electrons. The van der Waals surface area contributed by atoms with E-state index < -0.39 is 0 Å². The van der Waals surface area contributed by atoms with Gasteiger partial charge in [-0.05, 0) is 30.9 Å². The van der Waals surface area contributed by atoms with Gasteiger partial charge in [0.2, 0.25) is 0 Å². The van der Waals surface area contributed by atoms with E-state index in [1.165, 1.54) is 25.7 Å². The van der Waals surface area contributed by atoms with Gasteiger partial charge in [-0.15, -0.1) is 0 Å². The third-order valence-electron chi connectivity index (χ3n) is 3.48. The second-order valence-electron chi connectivity index (χ2n) is 4.81. The number of hydrogen-bond acceptors (Lipinski definition) is 3. The fourth-order valence-corrected chi connectivity index (χ4v) is 2.51. The summed E-state index contributed by atoms with van der Waals surface area (Å²) in [4.78, 5) is 4.50. The molecule has 1 aliphatic carbocycles. The molecule has 0 aliphatic heterocycles. The minimum Gasteiger partial charge on any atom is -0.388 e. The second kappa shape index (κ2) is 5.45. The summed E-state index contributed by atoms with van der Waals surface area (Å²) in [6.07, 6.45) is 6.98. The quantitative estimate of drug-likeness (QED) is 0.809. The van der Waals surface area contributed by atoms with Crippen LogP contribution in [-0.4, -0.2) is 16.0 Å². The second-order valence-corrected chi connectivity index (χ2v) is 5.25. The number of pyridine rings is 1. The summed E-state index contributed by atoms with van der Waals surface area (Å²) >= 11 is 4.94. The lowest BCUT2D eigenvalue weighted by molar-refractivity contribution is 0.349. The van der Waals surface area contributed by atoms with Gasteiger partial charge in [0, 0.05) is 17.9 Å². The maximum absolute atomic E-state index is 5.58. The molecular weight excluding hydrogens is 230 g/mol. The molecule has 1 aromatic rings. The minimum atomic E-state index is 0.352. The van der Waals surface area contributed by atoms with Crippen LogP contribution in [0.5, 0.6) is 0 Å². The molecule has 17 heavy (non-hydrogen) atoms. The Bertz CT molecular complexity index is 405. The van der Waals surface area contributed by atoms with Crippen molar-refractivity contribution in [3.05, 3.63) is 24.0 Å². The minimum absolute atomic E-state index is 0.352. The van der Waals surface area contributed by atoms with Crippen molar-refractivity contribution >= 4 is 22.9 Å². The van der Waals surface area contributed by atoms with Crippen molar-refractivity contribution in [1.82, 2.24) is 4.98 Å². The first-order chi connectivity index (χ1) is 8.16. The monoisotopic (exact) mass is 249 g/mol. The van der Waals surface area contributed by atoms with Crippen molar-refractivity contribution in [3.63, 3.8) is 0 Å². The molecule has 4 heteroatoms. The first-order valence-corrected chi connectivity index (χ1v) is 6.60. The van der Waals surface area contributed by atoms with Gasteiger partial charge in [0.05, 0.1) is 5.69 Å². The van der Waals surface area contributed by atoms with Crippen LogP contribution in [0.2, 0.25) is 0 Å². The van der Waals surface area contributed by atoms with Crippen LogP contribution in [0.3, 0.4) is 0 Å². The standard InChI is InChI=1S/C13H19N3S/c1-9-4-2-3-5-11(9)16-10-6-7-15-12(8-10)13(14)17/h6-9,11H,2-5H2,1H3,(H2,14,17)(H,15,16). The van der Waals surface area contributed by atoms with E-state index in [4.69, 9.17) is 18.0 Å². The van der Waals surface area contributed by atoms with Gasteiger partial charge >= 0.3 is 0 Å². The fourth-order valence-electron chi connectivity index (χ4n) is 2.40. The third-order valence-corrected chi connectivity index (χ3v) is 3.69. The van der Waals surface area contributed by atoms with Crippen LogP contribution in [0.15, 0.2) is 18.3 Å². The Labute approximate surface area is 108 Å². The molecule has 92 valence electrons. The summed E-state index contributed by atoms with van der Waals surface area (Å²) in [5.74, 6) is 0.727. The molecule has 0 spiro atoms. The number of aromatic nitrogens is 1. The first-order valence-electron chi connectivity index (χ1n) is 6.19. The molecule has 1 aromatic heterocycles. The van der Waals surface area contributed by atoms with Gasteiger partial charge in [0.1, 0.15) is 4.99 Å². The van der Waals surface area contributed by atoms with Crippen LogP contribution < -0.4 is 11.1 Å². The highest BCUT2D eigenvalue weighted by Gasteiger charge is 2.20. The molecule has 2 unspecified atom stereocenters. The van der Waals surface area contributed by atoms with Gasteiger partial charge in [0.25, 0.3) is 0 Å². The van der Waals surface area contributed by atoms with Crippen molar-refractivity contribution in [1.29, 1.82) is 0 Å². The zero-order valence-corrected chi connectivity index (χ0v) is 11.0. The van der Waals surface area contributed by atoms with Crippen molar-refractivity contribution in [3.8, 4) is 0 Å². The Kier molecular flexibility index (Phi) is 3.94. The number of anilines is 1. The zero-order valence-electron chi connectivity index (χ0n) is 10.1. The fraction of sp³-hybridized carbons (Fsp3) is 0.538. The lowest BCUT2D eigenvalue weighted by Gasteiger charge is -2.30. The van der Waals surface area contributed by atoms with E-state index in [1.807, 2.05) is 12.1 Å². The van der Waals surface area contributed by atoms with Gasteiger partial charge in [-0.3, -0.25) is 4.98 Å². The van der Waals surface area contributed by atoms with Gasteiger partial charge in [0.15, 0.2) is 0 Å². The Morgan fingerprint density at radius 1 is 1.47 bits per heavy atom. The molecule has 1 heterocycles. The largest absolute Gasteiger partial charge is 0.388 e. The van der Waals surface area contributed by atoms with Crippen LogP contribution in [0.25, 0.3) is 0 Å². The smallest absolute Gasteiger partial charge is 0.122 e. The van der Waals surface area contributed by atoms with E-state index in [1.54, 1.807) is 6.20 Å². The van der Waals surface area contributed by atoms with Crippen molar-refractivity contribution < 1.29 is 0 Å². The predicted molar refractivity (Wildman–Crippen MR) is 75.2 cm³/mol. The maximum atomic E-state index is 5.58. The van der Waals surface area contributed by atoms with Crippen LogP contribution in [0.1, 0.15) is 38.3 Å². The number of rotatable bonds is 3. The third kappa shape index (κ3) is 3.16. The average Bonchev–Trinajstić information content (AvgIpc) is 2.32. The lowest BCUT2D eigenvalue weighted by atomic mass is 9.86. The first kappa shape index (κ1) is 12.3. The molecule has 1 aliphatic rings. The highest BCUT2D eigenvalue weighted by atomic mass is 32.1. The topological polar surface area (TPSA) is 50.9 Å². The summed E-state index contributed by atoms with van der Waals surface area (Å²) in [7, 11) is 0. The Hall–Kier alpha value is -1.16. The van der Waals surface area contributed by atoms with Gasteiger partial charge < -0.3 is 11.1 Å². The molecule has 1 saturated carbocycles. The van der Waals surface area contributed by atoms with E-state index in [0.717, 1.165) is 11.6 Å². The number of nitrogens with zero attached hydrogens (tertiary/aromatic N) is 1. The van der Waals surface area contributed by atoms with E-state index >= 15 is 0 Å². The number of nitrogens with one attached hydrogen (secondary N) is 1. The molecular formula is C13H19N3S. The van der Waals surface area contributed by atoms with Crippen LogP contribution in [0, 0.1) is 5.92 Å². The van der Waals surface area contributed by atoms with Gasteiger partial charge in [-0.25, -0.2) is 0 Å². The zero-order chi connectivity index (χ0) is 12.3. The Balaban J connectivity index is 2.07. The van der Waals surface area contributed by atoms with Gasteiger partial charge in [-0.1, -0.05) is 32.0 Å². The summed E-state index contributed by atoms with van der Waals surface area (Å²) in [6, 6.07) is 4.47. The van der Waals surface area contributed by atoms with E-state index in [9.17, 15) is 0 Å². The molecule has 3 N–H and O–H groups in total. The Morgan fingerprint density at radius 3 is 2.94 bits per heavy atom. The molecule has 2 rings (SSSR count). The molecule has 3 nitrogen and oxygen atoms in total. The molecule has 2 atom stereocenters. The maximum Gasteiger partial charge on any atom is 0.122 e. The van der Waals surface area contributed by atoms with E-state index in [-0.39, 0.29) is 0 Å². The van der Waals surface area contributed by atoms with E-state index in [0.29, 0.717) is 16.7 Å². The van der Waals surface area contributed by atoms with Crippen LogP contribution >= 0.6 is 12.2 Å². The molecule has 0 amide bonds. The summed E-state index contributed by atoms with van der Waals surface area (Å²) in [6.45, 7) is 2.31. The van der Waals surface area contributed by atoms with E-state index in [2.05, 4.69) is 17.2 Å². The number of thiocarbonyl (C=S) groups is 1. The highest BCUT2D eigenvalue weighted by Crippen LogP contribution is 2.26. The van der Waals surface area contributed by atoms with Crippen LogP contribution in [0.4, 0.5) is 5.69 Å². The summed E-state index contributed by atoms with van der Waals surface area (Å²) in [5.41, 5.74) is 7.34. The van der Waals surface area contributed by atoms with Crippen LogP contribution in [-0.2, 0) is 0 Å². The van der Waals surface area contributed by atoms with Crippen molar-refractivity contribution in [2.45, 2.75) is 38.6 Å². The number of nitrogens with two attached hydrogens (primary N) is 1. The number of hydrogen-bond donors (Lipinski definition) is 2. The average molecular weight is 249 g/mol. The molecule has 0 aromatic carbocycles. The highest BCUT2D eigenvalue weighted by molar-refractivity contribution is 7.80. The predicted octanol–water partition coefficient (Wildman–Crippen LogP) is 2.71. The summed E-state index contributed by atoms with van der Waals surface area (Å²) < 4.78 is 0. The SMILES string of the molecule is CC1CCCCC1Nc1ccnc(C(N)=S)c1. The molecule has 0 bridgehead atoms.